The summed E-state index contributed by atoms with van der Waals surface area (Å²) in [7, 11) is 0. The Morgan fingerprint density at radius 1 is 1.40 bits per heavy atom. The fourth-order valence-corrected chi connectivity index (χ4v) is 1.90. The molecule has 3 heteroatoms. The van der Waals surface area contributed by atoms with Gasteiger partial charge in [-0.15, -0.1) is 0 Å². The third-order valence-electron chi connectivity index (χ3n) is 3.33. The molecule has 3 N–H and O–H groups in total. The van der Waals surface area contributed by atoms with Gasteiger partial charge in [-0.05, 0) is 36.1 Å². The molecule has 0 aliphatic carbocycles. The van der Waals surface area contributed by atoms with Crippen molar-refractivity contribution >= 4 is 11.6 Å². The normalized spacial score (nSPS) is 11.4. The van der Waals surface area contributed by atoms with E-state index in [4.69, 9.17) is 5.73 Å². The van der Waals surface area contributed by atoms with Gasteiger partial charge in [0.25, 0.3) is 0 Å². The van der Waals surface area contributed by atoms with Gasteiger partial charge in [0.1, 0.15) is 0 Å². The summed E-state index contributed by atoms with van der Waals surface area (Å²) in [5, 5.41) is 3.00. The summed E-state index contributed by atoms with van der Waals surface area (Å²) in [6.07, 6.45) is 2.44. The molecule has 0 saturated heterocycles. The molecule has 3 nitrogen and oxygen atoms in total. The molecule has 0 aliphatic rings. The molecule has 0 spiro atoms. The number of carbonyl (C=O) groups excluding carboxylic acids is 1. The van der Waals surface area contributed by atoms with Crippen molar-refractivity contribution in [3.8, 4) is 11.8 Å². The van der Waals surface area contributed by atoms with Crippen molar-refractivity contribution < 1.29 is 4.79 Å². The van der Waals surface area contributed by atoms with Crippen LogP contribution in [0.4, 0.5) is 5.69 Å². The number of carbonyl (C=O) groups is 1. The lowest BCUT2D eigenvalue weighted by atomic mass is 10.0. The molecule has 1 atom stereocenters. The van der Waals surface area contributed by atoms with Crippen LogP contribution in [0.5, 0.6) is 0 Å². The summed E-state index contributed by atoms with van der Waals surface area (Å²) in [5.41, 5.74) is 8.30. The third kappa shape index (κ3) is 5.07. The molecule has 1 amide bonds. The molecule has 0 aromatic heterocycles. The molecular weight excluding hydrogens is 248 g/mol. The van der Waals surface area contributed by atoms with Crippen LogP contribution in [0, 0.1) is 17.8 Å². The summed E-state index contributed by atoms with van der Waals surface area (Å²) in [6, 6.07) is 5.86. The van der Waals surface area contributed by atoms with Gasteiger partial charge < -0.3 is 11.1 Å². The number of hydrogen-bond acceptors (Lipinski definition) is 2. The number of benzene rings is 1. The number of nitrogens with two attached hydrogens (primary N) is 1. The maximum atomic E-state index is 12.0. The van der Waals surface area contributed by atoms with Gasteiger partial charge in [-0.25, -0.2) is 0 Å². The quantitative estimate of drug-likeness (QED) is 0.810. The lowest BCUT2D eigenvalue weighted by molar-refractivity contribution is -0.117. The van der Waals surface area contributed by atoms with Crippen LogP contribution in [0.15, 0.2) is 18.2 Å². The second kappa shape index (κ2) is 8.39. The molecule has 0 heterocycles. The van der Waals surface area contributed by atoms with E-state index in [1.807, 2.05) is 18.2 Å². The summed E-state index contributed by atoms with van der Waals surface area (Å²) < 4.78 is 0. The van der Waals surface area contributed by atoms with Crippen LogP contribution >= 0.6 is 0 Å². The fourth-order valence-electron chi connectivity index (χ4n) is 1.90. The smallest absolute Gasteiger partial charge is 0.224 e. The Balaban J connectivity index is 2.82. The van der Waals surface area contributed by atoms with Crippen LogP contribution < -0.4 is 11.1 Å². The Hall–Kier alpha value is -1.79. The minimum atomic E-state index is 0.0786. The molecule has 0 saturated carbocycles. The SMILES string of the molecule is CCc1cc(C#CCN)ccc1NC(=O)CC(C)CC. The third-order valence-corrected chi connectivity index (χ3v) is 3.33. The molecule has 20 heavy (non-hydrogen) atoms. The Labute approximate surface area is 121 Å². The van der Waals surface area contributed by atoms with Crippen molar-refractivity contribution in [2.45, 2.75) is 40.0 Å². The zero-order chi connectivity index (χ0) is 15.0. The molecule has 0 fully saturated rings. The van der Waals surface area contributed by atoms with Crippen molar-refractivity contribution in [2.75, 3.05) is 11.9 Å². The van der Waals surface area contributed by atoms with Gasteiger partial charge in [-0.1, -0.05) is 39.0 Å². The second-order valence-electron chi connectivity index (χ2n) is 5.00. The first-order valence-corrected chi connectivity index (χ1v) is 7.22. The zero-order valence-electron chi connectivity index (χ0n) is 12.6. The van der Waals surface area contributed by atoms with Crippen LogP contribution in [-0.2, 0) is 11.2 Å². The Kier molecular flexibility index (Phi) is 6.83. The van der Waals surface area contributed by atoms with Crippen LogP contribution in [0.1, 0.15) is 44.7 Å². The highest BCUT2D eigenvalue weighted by molar-refractivity contribution is 5.91. The molecule has 0 aliphatic heterocycles. The van der Waals surface area contributed by atoms with E-state index in [-0.39, 0.29) is 5.91 Å². The Morgan fingerprint density at radius 2 is 2.15 bits per heavy atom. The minimum absolute atomic E-state index is 0.0786. The van der Waals surface area contributed by atoms with E-state index in [0.29, 0.717) is 18.9 Å². The van der Waals surface area contributed by atoms with Gasteiger partial charge in [-0.2, -0.15) is 0 Å². The molecular formula is C17H24N2O. The number of hydrogen-bond donors (Lipinski definition) is 2. The van der Waals surface area contributed by atoms with Crippen LogP contribution in [0.25, 0.3) is 0 Å². The van der Waals surface area contributed by atoms with Crippen LogP contribution in [0.2, 0.25) is 0 Å². The van der Waals surface area contributed by atoms with E-state index in [2.05, 4.69) is 37.9 Å². The number of amides is 1. The van der Waals surface area contributed by atoms with Gasteiger partial charge >= 0.3 is 0 Å². The molecule has 1 rings (SSSR count). The maximum Gasteiger partial charge on any atom is 0.224 e. The van der Waals surface area contributed by atoms with E-state index in [0.717, 1.165) is 29.7 Å². The first-order valence-electron chi connectivity index (χ1n) is 7.22. The van der Waals surface area contributed by atoms with Gasteiger partial charge in [-0.3, -0.25) is 4.79 Å². The number of nitrogens with one attached hydrogen (secondary N) is 1. The number of rotatable bonds is 5. The van der Waals surface area contributed by atoms with Gasteiger partial charge in [0.05, 0.1) is 6.54 Å². The highest BCUT2D eigenvalue weighted by atomic mass is 16.1. The average Bonchev–Trinajstić information content (AvgIpc) is 2.45. The Bertz CT molecular complexity index is 511. The van der Waals surface area contributed by atoms with Crippen molar-refractivity contribution in [3.05, 3.63) is 29.3 Å². The Morgan fingerprint density at radius 3 is 2.75 bits per heavy atom. The van der Waals surface area contributed by atoms with Crippen LogP contribution in [-0.4, -0.2) is 12.5 Å². The minimum Gasteiger partial charge on any atom is -0.326 e. The van der Waals surface area contributed by atoms with Crippen LogP contribution in [0.3, 0.4) is 0 Å². The summed E-state index contributed by atoms with van der Waals surface area (Å²) in [5.74, 6) is 6.34. The summed E-state index contributed by atoms with van der Waals surface area (Å²) in [6.45, 7) is 6.61. The van der Waals surface area contributed by atoms with E-state index in [9.17, 15) is 4.79 Å². The van der Waals surface area contributed by atoms with Gasteiger partial charge in [0.15, 0.2) is 0 Å². The largest absolute Gasteiger partial charge is 0.326 e. The maximum absolute atomic E-state index is 12.0. The monoisotopic (exact) mass is 272 g/mol. The lowest BCUT2D eigenvalue weighted by Crippen LogP contribution is -2.15. The number of aryl methyl sites for hydroxylation is 1. The predicted octanol–water partition coefficient (Wildman–Crippen LogP) is 2.93. The summed E-state index contributed by atoms with van der Waals surface area (Å²) >= 11 is 0. The van der Waals surface area contributed by atoms with E-state index in [1.165, 1.54) is 0 Å². The molecule has 0 bridgehead atoms. The van der Waals surface area contributed by atoms with Crippen molar-refractivity contribution in [1.82, 2.24) is 0 Å². The second-order valence-corrected chi connectivity index (χ2v) is 5.00. The molecule has 0 radical (unpaired) electrons. The standard InChI is InChI=1S/C17H24N2O/c1-4-13(3)11-17(20)19-16-9-8-14(7-6-10-18)12-15(16)5-2/h8-9,12-13H,4-5,10-11,18H2,1-3H3,(H,19,20). The molecule has 1 unspecified atom stereocenters. The molecule has 1 aromatic carbocycles. The first-order chi connectivity index (χ1) is 9.60. The predicted molar refractivity (Wildman–Crippen MR) is 84.5 cm³/mol. The van der Waals surface area contributed by atoms with Crippen molar-refractivity contribution in [1.29, 1.82) is 0 Å². The molecule has 1 aromatic rings. The summed E-state index contributed by atoms with van der Waals surface area (Å²) in [4.78, 5) is 12.0. The topological polar surface area (TPSA) is 55.1 Å². The van der Waals surface area contributed by atoms with Crippen molar-refractivity contribution in [3.63, 3.8) is 0 Å². The fraction of sp³-hybridized carbons (Fsp3) is 0.471. The van der Waals surface area contributed by atoms with Gasteiger partial charge in [0, 0.05) is 17.7 Å². The van der Waals surface area contributed by atoms with Crippen molar-refractivity contribution in [2.24, 2.45) is 11.7 Å². The van der Waals surface area contributed by atoms with E-state index >= 15 is 0 Å². The average molecular weight is 272 g/mol. The van der Waals surface area contributed by atoms with E-state index in [1.54, 1.807) is 0 Å². The highest BCUT2D eigenvalue weighted by Crippen LogP contribution is 2.19. The zero-order valence-corrected chi connectivity index (χ0v) is 12.6. The van der Waals surface area contributed by atoms with Gasteiger partial charge in [0.2, 0.25) is 5.91 Å². The first kappa shape index (κ1) is 16.3. The number of anilines is 1. The molecule has 108 valence electrons. The highest BCUT2D eigenvalue weighted by Gasteiger charge is 2.09. The van der Waals surface area contributed by atoms with E-state index < -0.39 is 0 Å². The lowest BCUT2D eigenvalue weighted by Gasteiger charge is -2.12.